The molecule has 0 aromatic carbocycles. The molecule has 1 N–H and O–H groups in total. The van der Waals surface area contributed by atoms with Crippen LogP contribution >= 0.6 is 0 Å². The molecule has 0 aliphatic heterocycles. The Kier molecular flexibility index (Phi) is 3.94. The van der Waals surface area contributed by atoms with Gasteiger partial charge in [-0.05, 0) is 26.7 Å². The number of nitrogens with zero attached hydrogens (tertiary/aromatic N) is 1. The van der Waals surface area contributed by atoms with Crippen molar-refractivity contribution in [2.45, 2.75) is 52.5 Å². The number of carbonyl (C=O) groups excluding carboxylic acids is 1. The fourth-order valence-electron chi connectivity index (χ4n) is 2.35. The van der Waals surface area contributed by atoms with Gasteiger partial charge in [0.15, 0.2) is 0 Å². The largest absolute Gasteiger partial charge is 0.480 e. The highest BCUT2D eigenvalue weighted by molar-refractivity contribution is 5.86. The summed E-state index contributed by atoms with van der Waals surface area (Å²) in [5.41, 5.74) is -0.334. The molecule has 0 aromatic heterocycles. The van der Waals surface area contributed by atoms with Crippen molar-refractivity contribution in [1.82, 2.24) is 4.90 Å². The minimum atomic E-state index is -0.941. The molecule has 1 saturated carbocycles. The summed E-state index contributed by atoms with van der Waals surface area (Å²) in [7, 11) is 0. The highest BCUT2D eigenvalue weighted by atomic mass is 16.4. The van der Waals surface area contributed by atoms with E-state index in [0.29, 0.717) is 0 Å². The molecule has 0 bridgehead atoms. The Bertz CT molecular complexity index is 280. The molecule has 0 atom stereocenters. The summed E-state index contributed by atoms with van der Waals surface area (Å²) in [6.07, 6.45) is 3.91. The van der Waals surface area contributed by atoms with Crippen molar-refractivity contribution in [3.05, 3.63) is 0 Å². The maximum atomic E-state index is 12.3. The molecule has 4 heteroatoms. The number of hydrogen-bond donors (Lipinski definition) is 1. The molecule has 16 heavy (non-hydrogen) atoms. The van der Waals surface area contributed by atoms with Crippen molar-refractivity contribution in [3.8, 4) is 0 Å². The van der Waals surface area contributed by atoms with Crippen molar-refractivity contribution in [2.75, 3.05) is 6.54 Å². The van der Waals surface area contributed by atoms with Gasteiger partial charge < -0.3 is 10.0 Å². The molecule has 0 spiro atoms. The van der Waals surface area contributed by atoms with Crippen LogP contribution in [0.25, 0.3) is 0 Å². The Balaban J connectivity index is 2.77. The van der Waals surface area contributed by atoms with E-state index in [2.05, 4.69) is 0 Å². The Hall–Kier alpha value is -1.06. The van der Waals surface area contributed by atoms with Gasteiger partial charge in [0.2, 0.25) is 5.91 Å². The Labute approximate surface area is 96.6 Å². The number of amides is 1. The summed E-state index contributed by atoms with van der Waals surface area (Å²) in [5, 5.41) is 8.81. The molecule has 0 radical (unpaired) electrons. The smallest absolute Gasteiger partial charge is 0.323 e. The van der Waals surface area contributed by atoms with Crippen LogP contribution in [-0.4, -0.2) is 34.5 Å². The van der Waals surface area contributed by atoms with Crippen LogP contribution in [0.2, 0.25) is 0 Å². The zero-order chi connectivity index (χ0) is 12.3. The van der Waals surface area contributed by atoms with Crippen LogP contribution in [0.15, 0.2) is 0 Å². The van der Waals surface area contributed by atoms with E-state index in [1.165, 1.54) is 4.90 Å². The third kappa shape index (κ3) is 2.74. The molecule has 0 saturated heterocycles. The van der Waals surface area contributed by atoms with E-state index in [9.17, 15) is 9.59 Å². The lowest BCUT2D eigenvalue weighted by molar-refractivity contribution is -0.151. The van der Waals surface area contributed by atoms with Gasteiger partial charge in [-0.15, -0.1) is 0 Å². The first-order valence-electron chi connectivity index (χ1n) is 5.90. The molecule has 0 unspecified atom stereocenters. The minimum absolute atomic E-state index is 0.00222. The topological polar surface area (TPSA) is 57.6 Å². The molecule has 92 valence electrons. The van der Waals surface area contributed by atoms with Crippen molar-refractivity contribution in [3.63, 3.8) is 0 Å². The van der Waals surface area contributed by atoms with Gasteiger partial charge in [-0.2, -0.15) is 0 Å². The third-order valence-electron chi connectivity index (χ3n) is 3.41. The predicted octanol–water partition coefficient (Wildman–Crippen LogP) is 1.89. The lowest BCUT2D eigenvalue weighted by Crippen LogP contribution is -2.47. The van der Waals surface area contributed by atoms with Crippen LogP contribution < -0.4 is 0 Å². The van der Waals surface area contributed by atoms with Gasteiger partial charge in [-0.3, -0.25) is 9.59 Å². The molecule has 4 nitrogen and oxygen atoms in total. The van der Waals surface area contributed by atoms with Gasteiger partial charge in [0, 0.05) is 11.5 Å². The minimum Gasteiger partial charge on any atom is -0.480 e. The summed E-state index contributed by atoms with van der Waals surface area (Å²) in [6.45, 7) is 5.49. The van der Waals surface area contributed by atoms with E-state index in [1.54, 1.807) is 0 Å². The first-order valence-corrected chi connectivity index (χ1v) is 5.90. The fourth-order valence-corrected chi connectivity index (χ4v) is 2.35. The normalized spacial score (nSPS) is 18.8. The maximum absolute atomic E-state index is 12.3. The lowest BCUT2D eigenvalue weighted by Gasteiger charge is -2.33. The summed E-state index contributed by atoms with van der Waals surface area (Å²) in [5.74, 6) is -0.939. The van der Waals surface area contributed by atoms with Crippen molar-refractivity contribution in [1.29, 1.82) is 0 Å². The number of aliphatic carboxylic acids is 1. The summed E-state index contributed by atoms with van der Waals surface area (Å²) in [6, 6.07) is -0.0546. The van der Waals surface area contributed by atoms with Crippen LogP contribution in [0.3, 0.4) is 0 Å². The molecule has 1 aliphatic rings. The van der Waals surface area contributed by atoms with Crippen LogP contribution in [0, 0.1) is 5.41 Å². The average Bonchev–Trinajstić information content (AvgIpc) is 2.61. The zero-order valence-corrected chi connectivity index (χ0v) is 10.3. The van der Waals surface area contributed by atoms with Crippen LogP contribution in [0.1, 0.15) is 46.5 Å². The molecule has 1 fully saturated rings. The van der Waals surface area contributed by atoms with Gasteiger partial charge in [-0.1, -0.05) is 19.8 Å². The summed E-state index contributed by atoms with van der Waals surface area (Å²) >= 11 is 0. The highest BCUT2D eigenvalue weighted by Crippen LogP contribution is 2.39. The predicted molar refractivity (Wildman–Crippen MR) is 61.1 cm³/mol. The molecule has 0 aromatic rings. The number of hydrogen-bond acceptors (Lipinski definition) is 2. The second kappa shape index (κ2) is 4.85. The number of carboxylic acid groups (broad SMARTS) is 1. The van der Waals surface area contributed by atoms with Gasteiger partial charge in [0.1, 0.15) is 6.54 Å². The quantitative estimate of drug-likeness (QED) is 0.797. The van der Waals surface area contributed by atoms with Gasteiger partial charge in [-0.25, -0.2) is 0 Å². The Morgan fingerprint density at radius 3 is 2.19 bits per heavy atom. The van der Waals surface area contributed by atoms with Crippen molar-refractivity contribution < 1.29 is 14.7 Å². The van der Waals surface area contributed by atoms with E-state index in [4.69, 9.17) is 5.11 Å². The van der Waals surface area contributed by atoms with Crippen molar-refractivity contribution >= 4 is 11.9 Å². The molecule has 1 aliphatic carbocycles. The highest BCUT2D eigenvalue weighted by Gasteiger charge is 2.40. The monoisotopic (exact) mass is 227 g/mol. The first-order chi connectivity index (χ1) is 7.37. The van der Waals surface area contributed by atoms with Gasteiger partial charge in [0.05, 0.1) is 0 Å². The molecule has 1 amide bonds. The number of carbonyl (C=O) groups is 2. The SMILES string of the molecule is CC(C)N(CC(=O)O)C(=O)C1(C)CCCC1. The standard InChI is InChI=1S/C12H21NO3/c1-9(2)13(8-10(14)15)11(16)12(3)6-4-5-7-12/h9H,4-8H2,1-3H3,(H,14,15). The van der Waals surface area contributed by atoms with Crippen LogP contribution in [0.5, 0.6) is 0 Å². The van der Waals surface area contributed by atoms with Gasteiger partial charge >= 0.3 is 5.97 Å². The van der Waals surface area contributed by atoms with E-state index in [1.807, 2.05) is 20.8 Å². The maximum Gasteiger partial charge on any atom is 0.323 e. The Morgan fingerprint density at radius 1 is 1.31 bits per heavy atom. The van der Waals surface area contributed by atoms with Crippen LogP contribution in [-0.2, 0) is 9.59 Å². The average molecular weight is 227 g/mol. The Morgan fingerprint density at radius 2 is 1.81 bits per heavy atom. The zero-order valence-electron chi connectivity index (χ0n) is 10.3. The summed E-state index contributed by atoms with van der Waals surface area (Å²) < 4.78 is 0. The number of carboxylic acids is 1. The first kappa shape index (κ1) is 13.0. The third-order valence-corrected chi connectivity index (χ3v) is 3.41. The van der Waals surface area contributed by atoms with E-state index < -0.39 is 5.97 Å². The summed E-state index contributed by atoms with van der Waals surface area (Å²) in [4.78, 5) is 24.5. The van der Waals surface area contributed by atoms with Gasteiger partial charge in [0.25, 0.3) is 0 Å². The molecular weight excluding hydrogens is 206 g/mol. The number of rotatable bonds is 4. The van der Waals surface area contributed by atoms with E-state index in [-0.39, 0.29) is 23.9 Å². The second-order valence-corrected chi connectivity index (χ2v) is 5.19. The lowest BCUT2D eigenvalue weighted by atomic mass is 9.86. The second-order valence-electron chi connectivity index (χ2n) is 5.19. The van der Waals surface area contributed by atoms with E-state index in [0.717, 1.165) is 25.7 Å². The van der Waals surface area contributed by atoms with E-state index >= 15 is 0 Å². The molecular formula is C12H21NO3. The van der Waals surface area contributed by atoms with Crippen molar-refractivity contribution in [2.24, 2.45) is 5.41 Å². The molecule has 1 rings (SSSR count). The van der Waals surface area contributed by atoms with Crippen LogP contribution in [0.4, 0.5) is 0 Å². The molecule has 0 heterocycles. The fraction of sp³-hybridized carbons (Fsp3) is 0.833.